The van der Waals surface area contributed by atoms with Gasteiger partial charge in [-0.05, 0) is 31.9 Å². The summed E-state index contributed by atoms with van der Waals surface area (Å²) < 4.78 is 19.3. The van der Waals surface area contributed by atoms with Crippen molar-refractivity contribution in [3.8, 4) is 0 Å². The van der Waals surface area contributed by atoms with Gasteiger partial charge in [0.05, 0.1) is 6.10 Å². The second kappa shape index (κ2) is 5.13. The Balaban J connectivity index is 2.30. The van der Waals surface area contributed by atoms with E-state index >= 15 is 0 Å². The van der Waals surface area contributed by atoms with Crippen LogP contribution in [0, 0.1) is 11.2 Å². The Morgan fingerprint density at radius 2 is 2.29 bits per heavy atom. The molecule has 0 aliphatic carbocycles. The number of hydrogen-bond donors (Lipinski definition) is 0. The number of alkyl halides is 1. The van der Waals surface area contributed by atoms with Gasteiger partial charge in [-0.25, -0.2) is 4.39 Å². The van der Waals surface area contributed by atoms with Crippen LogP contribution in [-0.4, -0.2) is 18.6 Å². The topological polar surface area (TPSA) is 9.23 Å². The number of rotatable bonds is 3. The predicted molar refractivity (Wildman–Crippen MR) is 68.3 cm³/mol. The highest BCUT2D eigenvalue weighted by molar-refractivity contribution is 6.31. The summed E-state index contributed by atoms with van der Waals surface area (Å²) in [5, 5.41) is 0.466. The third-order valence-electron chi connectivity index (χ3n) is 3.69. The first-order valence-electron chi connectivity index (χ1n) is 5.69. The second-order valence-electron chi connectivity index (χ2n) is 4.64. The van der Waals surface area contributed by atoms with Crippen LogP contribution in [0.15, 0.2) is 18.2 Å². The summed E-state index contributed by atoms with van der Waals surface area (Å²) in [5.74, 6) is 0.194. The van der Waals surface area contributed by atoms with E-state index in [1.165, 1.54) is 6.07 Å². The Bertz CT molecular complexity index is 390. The van der Waals surface area contributed by atoms with Crippen molar-refractivity contribution >= 4 is 23.2 Å². The van der Waals surface area contributed by atoms with Crippen molar-refractivity contribution in [3.63, 3.8) is 0 Å². The highest BCUT2D eigenvalue weighted by Crippen LogP contribution is 2.41. The molecule has 1 heterocycles. The standard InChI is InChI=1S/C13H15Cl2FO/c1-9-13(8-14,5-6-17-9)7-10-11(15)3-2-4-12(10)16/h2-4,9H,5-8H2,1H3. The van der Waals surface area contributed by atoms with Gasteiger partial charge in [-0.2, -0.15) is 0 Å². The molecule has 0 spiro atoms. The Kier molecular flexibility index (Phi) is 3.96. The molecule has 17 heavy (non-hydrogen) atoms. The van der Waals surface area contributed by atoms with Crippen molar-refractivity contribution in [3.05, 3.63) is 34.6 Å². The van der Waals surface area contributed by atoms with Crippen molar-refractivity contribution in [2.75, 3.05) is 12.5 Å². The summed E-state index contributed by atoms with van der Waals surface area (Å²) in [7, 11) is 0. The fourth-order valence-electron chi connectivity index (χ4n) is 2.33. The maximum Gasteiger partial charge on any atom is 0.127 e. The molecule has 2 rings (SSSR count). The summed E-state index contributed by atoms with van der Waals surface area (Å²) in [6.45, 7) is 2.67. The van der Waals surface area contributed by atoms with E-state index in [1.807, 2.05) is 6.92 Å². The van der Waals surface area contributed by atoms with Gasteiger partial charge in [0.15, 0.2) is 0 Å². The average molecular weight is 277 g/mol. The zero-order valence-electron chi connectivity index (χ0n) is 9.68. The Hall–Kier alpha value is -0.310. The quantitative estimate of drug-likeness (QED) is 0.757. The lowest BCUT2D eigenvalue weighted by Crippen LogP contribution is -2.33. The summed E-state index contributed by atoms with van der Waals surface area (Å²) in [5.41, 5.74) is 0.347. The Morgan fingerprint density at radius 1 is 1.53 bits per heavy atom. The maximum absolute atomic E-state index is 13.8. The molecule has 1 aliphatic heterocycles. The lowest BCUT2D eigenvalue weighted by Gasteiger charge is -2.30. The van der Waals surface area contributed by atoms with Crippen molar-refractivity contribution < 1.29 is 9.13 Å². The van der Waals surface area contributed by atoms with Crippen molar-refractivity contribution in [1.82, 2.24) is 0 Å². The molecule has 1 nitrogen and oxygen atoms in total. The SMILES string of the molecule is CC1OCCC1(CCl)Cc1c(F)cccc1Cl. The molecule has 0 N–H and O–H groups in total. The van der Waals surface area contributed by atoms with Crippen LogP contribution < -0.4 is 0 Å². The summed E-state index contributed by atoms with van der Waals surface area (Å²) >= 11 is 12.1. The van der Waals surface area contributed by atoms with Crippen LogP contribution in [0.4, 0.5) is 4.39 Å². The third kappa shape index (κ3) is 2.44. The van der Waals surface area contributed by atoms with E-state index in [4.69, 9.17) is 27.9 Å². The van der Waals surface area contributed by atoms with E-state index in [9.17, 15) is 4.39 Å². The molecule has 4 heteroatoms. The van der Waals surface area contributed by atoms with Crippen LogP contribution in [0.3, 0.4) is 0 Å². The molecule has 1 saturated heterocycles. The second-order valence-corrected chi connectivity index (χ2v) is 5.31. The predicted octanol–water partition coefficient (Wildman–Crippen LogP) is 4.06. The van der Waals surface area contributed by atoms with Crippen molar-refractivity contribution in [1.29, 1.82) is 0 Å². The highest BCUT2D eigenvalue weighted by atomic mass is 35.5. The molecule has 0 amide bonds. The minimum atomic E-state index is -0.263. The summed E-state index contributed by atoms with van der Waals surface area (Å²) in [6.07, 6.45) is 1.42. The molecule has 2 atom stereocenters. The van der Waals surface area contributed by atoms with Crippen LogP contribution in [0.1, 0.15) is 18.9 Å². The molecule has 0 bridgehead atoms. The molecule has 1 fully saturated rings. The van der Waals surface area contributed by atoms with Crippen LogP contribution >= 0.6 is 23.2 Å². The molecule has 1 aliphatic rings. The van der Waals surface area contributed by atoms with Gasteiger partial charge in [0, 0.05) is 28.5 Å². The number of benzene rings is 1. The van der Waals surface area contributed by atoms with E-state index in [1.54, 1.807) is 12.1 Å². The van der Waals surface area contributed by atoms with Gasteiger partial charge < -0.3 is 4.74 Å². The highest BCUT2D eigenvalue weighted by Gasteiger charge is 2.41. The van der Waals surface area contributed by atoms with Gasteiger partial charge in [-0.15, -0.1) is 11.6 Å². The molecule has 1 aromatic carbocycles. The Morgan fingerprint density at radius 3 is 2.82 bits per heavy atom. The monoisotopic (exact) mass is 276 g/mol. The van der Waals surface area contributed by atoms with Gasteiger partial charge >= 0.3 is 0 Å². The number of halogens is 3. The third-order valence-corrected chi connectivity index (χ3v) is 4.57. The zero-order chi connectivity index (χ0) is 12.5. The number of hydrogen-bond acceptors (Lipinski definition) is 1. The smallest absolute Gasteiger partial charge is 0.127 e. The number of ether oxygens (including phenoxy) is 1. The average Bonchev–Trinajstić information content (AvgIpc) is 2.66. The molecular formula is C13H15Cl2FO. The molecule has 94 valence electrons. The van der Waals surface area contributed by atoms with Crippen LogP contribution in [-0.2, 0) is 11.2 Å². The van der Waals surface area contributed by atoms with E-state index < -0.39 is 0 Å². The molecule has 0 saturated carbocycles. The molecule has 2 unspecified atom stereocenters. The van der Waals surface area contributed by atoms with Crippen LogP contribution in [0.25, 0.3) is 0 Å². The van der Waals surface area contributed by atoms with Crippen molar-refractivity contribution in [2.24, 2.45) is 5.41 Å². The molecular weight excluding hydrogens is 262 g/mol. The van der Waals surface area contributed by atoms with E-state index in [0.29, 0.717) is 29.5 Å². The van der Waals surface area contributed by atoms with Gasteiger partial charge in [-0.1, -0.05) is 17.7 Å². The van der Waals surface area contributed by atoms with Crippen LogP contribution in [0.5, 0.6) is 0 Å². The largest absolute Gasteiger partial charge is 0.378 e. The normalized spacial score (nSPS) is 28.6. The molecule has 1 aromatic rings. The lowest BCUT2D eigenvalue weighted by atomic mass is 9.78. The van der Waals surface area contributed by atoms with Crippen molar-refractivity contribution in [2.45, 2.75) is 25.9 Å². The lowest BCUT2D eigenvalue weighted by molar-refractivity contribution is 0.0732. The first-order valence-corrected chi connectivity index (χ1v) is 6.61. The Labute approximate surface area is 111 Å². The fraction of sp³-hybridized carbons (Fsp3) is 0.538. The first kappa shape index (κ1) is 13.1. The zero-order valence-corrected chi connectivity index (χ0v) is 11.2. The molecule has 0 aromatic heterocycles. The van der Waals surface area contributed by atoms with Gasteiger partial charge in [0.25, 0.3) is 0 Å². The van der Waals surface area contributed by atoms with E-state index in [0.717, 1.165) is 6.42 Å². The maximum atomic E-state index is 13.8. The van der Waals surface area contributed by atoms with Gasteiger partial charge in [0.1, 0.15) is 5.82 Å². The summed E-state index contributed by atoms with van der Waals surface area (Å²) in [4.78, 5) is 0. The minimum Gasteiger partial charge on any atom is -0.378 e. The first-order chi connectivity index (χ1) is 8.09. The molecule has 0 radical (unpaired) electrons. The minimum absolute atomic E-state index is 0.0377. The van der Waals surface area contributed by atoms with Gasteiger partial charge in [0.2, 0.25) is 0 Å². The van der Waals surface area contributed by atoms with E-state index in [2.05, 4.69) is 0 Å². The van der Waals surface area contributed by atoms with E-state index in [-0.39, 0.29) is 17.3 Å². The fourth-order valence-corrected chi connectivity index (χ4v) is 3.00. The van der Waals surface area contributed by atoms with Crippen LogP contribution in [0.2, 0.25) is 5.02 Å². The summed E-state index contributed by atoms with van der Waals surface area (Å²) in [6, 6.07) is 4.76. The van der Waals surface area contributed by atoms with Gasteiger partial charge in [-0.3, -0.25) is 0 Å².